The molecule has 1 unspecified atom stereocenters. The van der Waals surface area contributed by atoms with E-state index in [0.29, 0.717) is 12.5 Å². The molecule has 1 amide bonds. The van der Waals surface area contributed by atoms with Gasteiger partial charge in [-0.15, -0.1) is 10.2 Å². The van der Waals surface area contributed by atoms with Crippen molar-refractivity contribution in [1.29, 1.82) is 0 Å². The van der Waals surface area contributed by atoms with Gasteiger partial charge >= 0.3 is 0 Å². The van der Waals surface area contributed by atoms with Crippen LogP contribution in [0.15, 0.2) is 41.4 Å². The molecule has 0 saturated carbocycles. The standard InChI is InChI=1S/C18H20N6O2/c1-12(25)22-14-6-4-13(5-7-14)16-10-20-18(24-11-21-23-17(16)24)19-9-15-3-2-8-26-15/h2-4,8,10-11,14H,5-7,9H2,1H3,(H,19,20)(H,22,25). The Morgan fingerprint density at radius 1 is 1.46 bits per heavy atom. The minimum absolute atomic E-state index is 0.0142. The van der Waals surface area contributed by atoms with E-state index in [0.717, 1.165) is 36.2 Å². The molecular weight excluding hydrogens is 332 g/mol. The number of carbonyl (C=O) groups excluding carboxylic acids is 1. The maximum atomic E-state index is 11.2. The second-order valence-corrected chi connectivity index (χ2v) is 6.35. The van der Waals surface area contributed by atoms with E-state index in [4.69, 9.17) is 4.42 Å². The fourth-order valence-electron chi connectivity index (χ4n) is 3.25. The predicted octanol–water partition coefficient (Wildman–Crippen LogP) is 2.40. The Hall–Kier alpha value is -3.16. The zero-order valence-corrected chi connectivity index (χ0v) is 14.5. The third-order valence-electron chi connectivity index (χ3n) is 4.50. The van der Waals surface area contributed by atoms with Gasteiger partial charge in [0.15, 0.2) is 5.65 Å². The first-order valence-corrected chi connectivity index (χ1v) is 8.62. The summed E-state index contributed by atoms with van der Waals surface area (Å²) in [5, 5.41) is 14.5. The lowest BCUT2D eigenvalue weighted by Crippen LogP contribution is -2.33. The van der Waals surface area contributed by atoms with Crippen LogP contribution >= 0.6 is 0 Å². The highest BCUT2D eigenvalue weighted by atomic mass is 16.3. The van der Waals surface area contributed by atoms with Gasteiger partial charge < -0.3 is 15.1 Å². The summed E-state index contributed by atoms with van der Waals surface area (Å²) >= 11 is 0. The molecule has 3 heterocycles. The Kier molecular flexibility index (Phi) is 4.39. The summed E-state index contributed by atoms with van der Waals surface area (Å²) in [5.41, 5.74) is 2.94. The molecule has 1 aliphatic carbocycles. The second kappa shape index (κ2) is 6.99. The number of rotatable bonds is 5. The number of aromatic nitrogens is 4. The first-order chi connectivity index (χ1) is 12.7. The van der Waals surface area contributed by atoms with Gasteiger partial charge in [0.25, 0.3) is 0 Å². The summed E-state index contributed by atoms with van der Waals surface area (Å²) in [6, 6.07) is 3.96. The van der Waals surface area contributed by atoms with Crippen molar-refractivity contribution in [3.05, 3.63) is 48.3 Å². The highest BCUT2D eigenvalue weighted by molar-refractivity contribution is 5.77. The molecule has 0 radical (unpaired) electrons. The van der Waals surface area contributed by atoms with Crippen molar-refractivity contribution >= 4 is 23.1 Å². The van der Waals surface area contributed by atoms with E-state index in [1.165, 1.54) is 5.57 Å². The molecule has 0 aliphatic heterocycles. The van der Waals surface area contributed by atoms with Crippen molar-refractivity contribution in [1.82, 2.24) is 24.9 Å². The summed E-state index contributed by atoms with van der Waals surface area (Å²) in [4.78, 5) is 15.8. The molecule has 2 N–H and O–H groups in total. The first kappa shape index (κ1) is 16.3. The average Bonchev–Trinajstić information content (AvgIpc) is 3.32. The number of hydrogen-bond donors (Lipinski definition) is 2. The number of hydrogen-bond acceptors (Lipinski definition) is 6. The van der Waals surface area contributed by atoms with Gasteiger partial charge in [0, 0.05) is 24.7 Å². The Balaban J connectivity index is 1.56. The van der Waals surface area contributed by atoms with Crippen LogP contribution in [0.1, 0.15) is 37.5 Å². The van der Waals surface area contributed by atoms with Crippen molar-refractivity contribution in [2.45, 2.75) is 38.8 Å². The lowest BCUT2D eigenvalue weighted by Gasteiger charge is -2.22. The predicted molar refractivity (Wildman–Crippen MR) is 96.2 cm³/mol. The summed E-state index contributed by atoms with van der Waals surface area (Å²) in [6.45, 7) is 2.09. The normalized spacial score (nSPS) is 17.1. The van der Waals surface area contributed by atoms with Gasteiger partial charge in [-0.05, 0) is 37.0 Å². The minimum Gasteiger partial charge on any atom is -0.467 e. The largest absolute Gasteiger partial charge is 0.467 e. The fourth-order valence-corrected chi connectivity index (χ4v) is 3.25. The Morgan fingerprint density at radius 3 is 3.12 bits per heavy atom. The van der Waals surface area contributed by atoms with Crippen LogP contribution in [-0.4, -0.2) is 31.5 Å². The van der Waals surface area contributed by atoms with Crippen molar-refractivity contribution in [3.63, 3.8) is 0 Å². The van der Waals surface area contributed by atoms with Crippen molar-refractivity contribution in [2.75, 3.05) is 5.32 Å². The Morgan fingerprint density at radius 2 is 2.38 bits per heavy atom. The van der Waals surface area contributed by atoms with E-state index < -0.39 is 0 Å². The molecular formula is C18H20N6O2. The van der Waals surface area contributed by atoms with E-state index in [1.807, 2.05) is 22.7 Å². The zero-order valence-electron chi connectivity index (χ0n) is 14.5. The van der Waals surface area contributed by atoms with Gasteiger partial charge in [-0.1, -0.05) is 6.08 Å². The molecule has 0 spiro atoms. The SMILES string of the molecule is CC(=O)NC1CC=C(c2cnc(NCc3ccco3)n3cnnc23)CC1. The number of furan rings is 1. The maximum absolute atomic E-state index is 11.2. The number of nitrogens with zero attached hydrogens (tertiary/aromatic N) is 4. The number of carbonyl (C=O) groups is 1. The third-order valence-corrected chi connectivity index (χ3v) is 4.50. The average molecular weight is 352 g/mol. The van der Waals surface area contributed by atoms with Gasteiger partial charge in [-0.2, -0.15) is 0 Å². The quantitative estimate of drug-likeness (QED) is 0.732. The lowest BCUT2D eigenvalue weighted by molar-refractivity contribution is -0.119. The second-order valence-electron chi connectivity index (χ2n) is 6.35. The van der Waals surface area contributed by atoms with Gasteiger partial charge in [0.2, 0.25) is 11.9 Å². The number of anilines is 1. The van der Waals surface area contributed by atoms with Crippen molar-refractivity contribution in [3.8, 4) is 0 Å². The van der Waals surface area contributed by atoms with Crippen LogP contribution in [0.2, 0.25) is 0 Å². The van der Waals surface area contributed by atoms with Crippen LogP contribution in [0.4, 0.5) is 5.95 Å². The molecule has 0 bridgehead atoms. The Labute approximate surface area is 150 Å². The minimum atomic E-state index is 0.0142. The number of fused-ring (bicyclic) bond motifs is 1. The monoisotopic (exact) mass is 352 g/mol. The molecule has 26 heavy (non-hydrogen) atoms. The number of amides is 1. The van der Waals surface area contributed by atoms with E-state index >= 15 is 0 Å². The molecule has 1 aliphatic rings. The summed E-state index contributed by atoms with van der Waals surface area (Å²) in [7, 11) is 0. The lowest BCUT2D eigenvalue weighted by atomic mass is 9.91. The van der Waals surface area contributed by atoms with Crippen LogP contribution in [0.25, 0.3) is 11.2 Å². The fraction of sp³-hybridized carbons (Fsp3) is 0.333. The molecule has 8 nitrogen and oxygen atoms in total. The van der Waals surface area contributed by atoms with E-state index in [9.17, 15) is 4.79 Å². The Bertz CT molecular complexity index is 944. The van der Waals surface area contributed by atoms with Crippen molar-refractivity contribution < 1.29 is 9.21 Å². The molecule has 3 aromatic heterocycles. The zero-order chi connectivity index (χ0) is 17.9. The topological polar surface area (TPSA) is 97.3 Å². The van der Waals surface area contributed by atoms with Crippen LogP contribution in [0.5, 0.6) is 0 Å². The highest BCUT2D eigenvalue weighted by Gasteiger charge is 2.19. The molecule has 3 aromatic rings. The highest BCUT2D eigenvalue weighted by Crippen LogP contribution is 2.29. The molecule has 0 saturated heterocycles. The molecule has 8 heteroatoms. The van der Waals surface area contributed by atoms with Gasteiger partial charge in [0.05, 0.1) is 12.8 Å². The smallest absolute Gasteiger partial charge is 0.217 e. The van der Waals surface area contributed by atoms with Gasteiger partial charge in [-0.3, -0.25) is 9.20 Å². The number of allylic oxidation sites excluding steroid dienone is 1. The van der Waals surface area contributed by atoms with Crippen LogP contribution < -0.4 is 10.6 Å². The molecule has 0 aromatic carbocycles. The molecule has 1 atom stereocenters. The first-order valence-electron chi connectivity index (χ1n) is 8.62. The van der Waals surface area contributed by atoms with Crippen LogP contribution in [0, 0.1) is 0 Å². The van der Waals surface area contributed by atoms with Crippen molar-refractivity contribution in [2.24, 2.45) is 0 Å². The van der Waals surface area contributed by atoms with Crippen LogP contribution in [-0.2, 0) is 11.3 Å². The van der Waals surface area contributed by atoms with Crippen LogP contribution in [0.3, 0.4) is 0 Å². The molecule has 134 valence electrons. The number of nitrogens with one attached hydrogen (secondary N) is 2. The van der Waals surface area contributed by atoms with E-state index in [1.54, 1.807) is 19.5 Å². The van der Waals surface area contributed by atoms with Gasteiger partial charge in [0.1, 0.15) is 12.1 Å². The van der Waals surface area contributed by atoms with E-state index in [2.05, 4.69) is 31.9 Å². The maximum Gasteiger partial charge on any atom is 0.217 e. The summed E-state index contributed by atoms with van der Waals surface area (Å²) in [5.74, 6) is 1.51. The third kappa shape index (κ3) is 3.30. The summed E-state index contributed by atoms with van der Waals surface area (Å²) in [6.07, 6.45) is 9.88. The molecule has 0 fully saturated rings. The van der Waals surface area contributed by atoms with Gasteiger partial charge in [-0.25, -0.2) is 4.98 Å². The molecule has 4 rings (SSSR count). The van der Waals surface area contributed by atoms with E-state index in [-0.39, 0.29) is 11.9 Å². The summed E-state index contributed by atoms with van der Waals surface area (Å²) < 4.78 is 7.18.